The molecule has 0 unspecified atom stereocenters. The number of amides is 1. The Morgan fingerprint density at radius 3 is 2.64 bits per heavy atom. The molecule has 0 fully saturated rings. The topological polar surface area (TPSA) is 41.5 Å². The third-order valence-corrected chi connectivity index (χ3v) is 3.06. The summed E-state index contributed by atoms with van der Waals surface area (Å²) in [6, 6.07) is 0.837. The van der Waals surface area contributed by atoms with Crippen LogP contribution < -0.4 is 5.32 Å². The molecule has 22 heavy (non-hydrogen) atoms. The van der Waals surface area contributed by atoms with E-state index in [0.717, 1.165) is 0 Å². The van der Waals surface area contributed by atoms with Crippen LogP contribution in [0.5, 0.6) is 0 Å². The molecular formula is C14H9ClF4N2O. The van der Waals surface area contributed by atoms with E-state index < -0.39 is 34.1 Å². The molecule has 1 aliphatic rings. The fourth-order valence-electron chi connectivity index (χ4n) is 1.77. The molecule has 2 rings (SSSR count). The van der Waals surface area contributed by atoms with E-state index in [4.69, 9.17) is 11.6 Å². The van der Waals surface area contributed by atoms with Gasteiger partial charge in [0.1, 0.15) is 5.82 Å². The predicted molar refractivity (Wildman–Crippen MR) is 74.5 cm³/mol. The van der Waals surface area contributed by atoms with Gasteiger partial charge in [-0.3, -0.25) is 9.79 Å². The Morgan fingerprint density at radius 2 is 2.05 bits per heavy atom. The third-order valence-electron chi connectivity index (χ3n) is 2.75. The van der Waals surface area contributed by atoms with Crippen LogP contribution in [0.4, 0.5) is 17.6 Å². The molecule has 0 aliphatic carbocycles. The second-order valence-corrected chi connectivity index (χ2v) is 4.90. The average Bonchev–Trinajstić information content (AvgIpc) is 2.39. The maximum absolute atomic E-state index is 13.8. The Kier molecular flexibility index (Phi) is 4.37. The van der Waals surface area contributed by atoms with Gasteiger partial charge in [0.05, 0.1) is 28.4 Å². The highest BCUT2D eigenvalue weighted by Crippen LogP contribution is 2.36. The van der Waals surface area contributed by atoms with Gasteiger partial charge in [-0.25, -0.2) is 4.39 Å². The molecule has 0 atom stereocenters. The van der Waals surface area contributed by atoms with E-state index in [-0.39, 0.29) is 11.8 Å². The van der Waals surface area contributed by atoms with Crippen molar-refractivity contribution >= 4 is 23.7 Å². The van der Waals surface area contributed by atoms with Gasteiger partial charge < -0.3 is 5.32 Å². The lowest BCUT2D eigenvalue weighted by molar-refractivity contribution is -0.137. The van der Waals surface area contributed by atoms with Gasteiger partial charge in [-0.2, -0.15) is 13.2 Å². The number of nitrogens with zero attached hydrogens (tertiary/aromatic N) is 1. The summed E-state index contributed by atoms with van der Waals surface area (Å²) in [6.07, 6.45) is -1.94. The zero-order valence-electron chi connectivity index (χ0n) is 11.0. The van der Waals surface area contributed by atoms with E-state index in [1.54, 1.807) is 0 Å². The van der Waals surface area contributed by atoms with Crippen LogP contribution >= 0.6 is 11.6 Å². The maximum Gasteiger partial charge on any atom is 0.417 e. The summed E-state index contributed by atoms with van der Waals surface area (Å²) in [5, 5.41) is 1.57. The summed E-state index contributed by atoms with van der Waals surface area (Å²) in [5.41, 5.74) is -1.04. The number of allylic oxidation sites excluding steroid dienone is 1. The zero-order chi connectivity index (χ0) is 16.5. The lowest BCUT2D eigenvalue weighted by Crippen LogP contribution is -2.26. The van der Waals surface area contributed by atoms with E-state index in [1.807, 2.05) is 0 Å². The number of hydrogen-bond acceptors (Lipinski definition) is 2. The summed E-state index contributed by atoms with van der Waals surface area (Å²) in [6.45, 7) is 4.03. The minimum atomic E-state index is -4.80. The standard InChI is InChI=1S/C14H9ClF4N2O/c1-7-2-8(6-20-5-7)21-13(22)9-3-11(15)10(4-12(9)16)14(17,18)19/h2-4,6H,1,5H2,(H,21,22). The number of carbonyl (C=O) groups is 1. The summed E-state index contributed by atoms with van der Waals surface area (Å²) in [5.74, 6) is -2.25. The van der Waals surface area contributed by atoms with Gasteiger partial charge in [0.15, 0.2) is 0 Å². The number of aliphatic imine (C=N–C) groups is 1. The molecule has 116 valence electrons. The Labute approximate surface area is 128 Å². The molecule has 8 heteroatoms. The molecule has 1 N–H and O–H groups in total. The number of halogens is 5. The monoisotopic (exact) mass is 332 g/mol. The number of dihydropyridines is 1. The van der Waals surface area contributed by atoms with Crippen LogP contribution in [-0.4, -0.2) is 18.7 Å². The normalized spacial score (nSPS) is 14.8. The van der Waals surface area contributed by atoms with Gasteiger partial charge in [0, 0.05) is 6.21 Å². The fourth-order valence-corrected chi connectivity index (χ4v) is 2.04. The van der Waals surface area contributed by atoms with E-state index >= 15 is 0 Å². The predicted octanol–water partition coefficient (Wildman–Crippen LogP) is 3.75. The Hall–Kier alpha value is -2.15. The summed E-state index contributed by atoms with van der Waals surface area (Å²) in [7, 11) is 0. The molecule has 0 saturated heterocycles. The van der Waals surface area contributed by atoms with Crippen LogP contribution in [0.15, 0.2) is 41.1 Å². The fraction of sp³-hybridized carbons (Fsp3) is 0.143. The van der Waals surface area contributed by atoms with Crippen LogP contribution in [0.1, 0.15) is 15.9 Å². The van der Waals surface area contributed by atoms with Crippen LogP contribution in [0.25, 0.3) is 0 Å². The molecule has 1 heterocycles. The molecule has 3 nitrogen and oxygen atoms in total. The average molecular weight is 333 g/mol. The number of carbonyl (C=O) groups excluding carboxylic acids is 1. The number of benzene rings is 1. The van der Waals surface area contributed by atoms with Crippen molar-refractivity contribution in [1.82, 2.24) is 5.32 Å². The highest BCUT2D eigenvalue weighted by molar-refractivity contribution is 6.31. The van der Waals surface area contributed by atoms with E-state index in [2.05, 4.69) is 16.9 Å². The highest BCUT2D eigenvalue weighted by atomic mass is 35.5. The number of alkyl halides is 3. The Bertz CT molecular complexity index is 708. The van der Waals surface area contributed by atoms with Crippen LogP contribution in [0, 0.1) is 5.82 Å². The van der Waals surface area contributed by atoms with Gasteiger partial charge >= 0.3 is 6.18 Å². The molecule has 1 amide bonds. The zero-order valence-corrected chi connectivity index (χ0v) is 11.7. The van der Waals surface area contributed by atoms with Crippen molar-refractivity contribution in [2.75, 3.05) is 6.54 Å². The van der Waals surface area contributed by atoms with Crippen molar-refractivity contribution in [2.45, 2.75) is 6.18 Å². The summed E-state index contributed by atoms with van der Waals surface area (Å²) >= 11 is 5.47. The SMILES string of the molecule is C=C1C=C(NC(=O)c2cc(Cl)c(C(F)(F)F)cc2F)C=NC1. The third kappa shape index (κ3) is 3.54. The van der Waals surface area contributed by atoms with Crippen molar-refractivity contribution in [3.63, 3.8) is 0 Å². The van der Waals surface area contributed by atoms with Crippen molar-refractivity contribution in [2.24, 2.45) is 4.99 Å². The lowest BCUT2D eigenvalue weighted by Gasteiger charge is -2.13. The molecule has 0 saturated carbocycles. The Balaban J connectivity index is 2.29. The van der Waals surface area contributed by atoms with Gasteiger partial charge in [-0.1, -0.05) is 18.2 Å². The Morgan fingerprint density at radius 1 is 1.36 bits per heavy atom. The van der Waals surface area contributed by atoms with Crippen LogP contribution in [-0.2, 0) is 6.18 Å². The molecule has 0 aromatic heterocycles. The first-order chi connectivity index (χ1) is 10.2. The molecular weight excluding hydrogens is 324 g/mol. The number of nitrogens with one attached hydrogen (secondary N) is 1. The number of rotatable bonds is 2. The van der Waals surface area contributed by atoms with Crippen LogP contribution in [0.3, 0.4) is 0 Å². The van der Waals surface area contributed by atoms with Crippen LogP contribution in [0.2, 0.25) is 5.02 Å². The highest BCUT2D eigenvalue weighted by Gasteiger charge is 2.34. The molecule has 1 aromatic carbocycles. The van der Waals surface area contributed by atoms with Gasteiger partial charge in [-0.05, 0) is 23.8 Å². The number of hydrogen-bond donors (Lipinski definition) is 1. The molecule has 1 aromatic rings. The molecule has 0 bridgehead atoms. The van der Waals surface area contributed by atoms with E-state index in [9.17, 15) is 22.4 Å². The first kappa shape index (κ1) is 16.2. The molecule has 1 aliphatic heterocycles. The van der Waals surface area contributed by atoms with Crippen molar-refractivity contribution < 1.29 is 22.4 Å². The lowest BCUT2D eigenvalue weighted by atomic mass is 10.1. The maximum atomic E-state index is 13.8. The van der Waals surface area contributed by atoms with Crippen molar-refractivity contribution in [3.8, 4) is 0 Å². The first-order valence-corrected chi connectivity index (χ1v) is 6.33. The first-order valence-electron chi connectivity index (χ1n) is 5.95. The van der Waals surface area contributed by atoms with Gasteiger partial charge in [-0.15, -0.1) is 0 Å². The smallest absolute Gasteiger partial charge is 0.321 e. The van der Waals surface area contributed by atoms with Gasteiger partial charge in [0.2, 0.25) is 0 Å². The molecule has 0 radical (unpaired) electrons. The minimum absolute atomic E-state index is 0.194. The van der Waals surface area contributed by atoms with E-state index in [0.29, 0.717) is 18.2 Å². The van der Waals surface area contributed by atoms with Crippen molar-refractivity contribution in [1.29, 1.82) is 0 Å². The van der Waals surface area contributed by atoms with Crippen molar-refractivity contribution in [3.05, 3.63) is 58.0 Å². The summed E-state index contributed by atoms with van der Waals surface area (Å²) in [4.78, 5) is 15.8. The second kappa shape index (κ2) is 5.92. The quantitative estimate of drug-likeness (QED) is 0.823. The van der Waals surface area contributed by atoms with Gasteiger partial charge in [0.25, 0.3) is 5.91 Å². The largest absolute Gasteiger partial charge is 0.417 e. The second-order valence-electron chi connectivity index (χ2n) is 4.49. The molecule has 0 spiro atoms. The minimum Gasteiger partial charge on any atom is -0.321 e. The van der Waals surface area contributed by atoms with E-state index in [1.165, 1.54) is 12.3 Å². The summed E-state index contributed by atoms with van der Waals surface area (Å²) < 4.78 is 51.5.